The maximum absolute atomic E-state index is 13.9. The Morgan fingerprint density at radius 3 is 2.66 bits per heavy atom. The summed E-state index contributed by atoms with van der Waals surface area (Å²) in [6, 6.07) is 7.79. The molecule has 0 radical (unpaired) electrons. The molecule has 0 saturated carbocycles. The minimum Gasteiger partial charge on any atom is -0.454 e. The van der Waals surface area contributed by atoms with E-state index in [4.69, 9.17) is 10.5 Å². The first-order valence-corrected chi connectivity index (χ1v) is 9.65. The zero-order valence-corrected chi connectivity index (χ0v) is 16.3. The summed E-state index contributed by atoms with van der Waals surface area (Å²) in [7, 11) is 2.12. The van der Waals surface area contributed by atoms with E-state index in [1.807, 2.05) is 0 Å². The molecule has 29 heavy (non-hydrogen) atoms. The third-order valence-corrected chi connectivity index (χ3v) is 5.31. The number of pyridine rings is 1. The molecule has 2 aliphatic heterocycles. The molecule has 154 valence electrons. The van der Waals surface area contributed by atoms with Gasteiger partial charge in [-0.1, -0.05) is 0 Å². The number of carbonyl (C=O) groups excluding carboxylic acids is 1. The highest BCUT2D eigenvalue weighted by molar-refractivity contribution is 5.88. The number of halogens is 1. The number of carbonyl (C=O) groups is 1. The highest BCUT2D eigenvalue weighted by Gasteiger charge is 2.32. The molecule has 9 heteroatoms. The normalized spacial score (nSPS) is 18.3. The minimum atomic E-state index is -0.553. The van der Waals surface area contributed by atoms with Crippen molar-refractivity contribution in [2.45, 2.75) is 6.04 Å². The monoisotopic (exact) mass is 400 g/mol. The lowest BCUT2D eigenvalue weighted by molar-refractivity contribution is 0.0266. The summed E-state index contributed by atoms with van der Waals surface area (Å²) in [5.74, 6) is 0.229. The van der Waals surface area contributed by atoms with Gasteiger partial charge in [0.15, 0.2) is 11.6 Å². The van der Waals surface area contributed by atoms with Gasteiger partial charge in [-0.25, -0.2) is 14.2 Å². The smallest absolute Gasteiger partial charge is 0.323 e. The number of amides is 2. The summed E-state index contributed by atoms with van der Waals surface area (Å²) >= 11 is 0. The minimum absolute atomic E-state index is 0.0560. The summed E-state index contributed by atoms with van der Waals surface area (Å²) in [6.07, 6.45) is 1.51. The fraction of sp³-hybridized carbons (Fsp3) is 0.400. The van der Waals surface area contributed by atoms with Crippen LogP contribution in [0.2, 0.25) is 0 Å². The molecule has 2 aromatic rings. The number of nitrogens with zero attached hydrogens (tertiary/aromatic N) is 4. The summed E-state index contributed by atoms with van der Waals surface area (Å²) in [6.45, 7) is 5.30. The Balaban J connectivity index is 1.32. The van der Waals surface area contributed by atoms with E-state index in [0.717, 1.165) is 26.2 Å². The van der Waals surface area contributed by atoms with Crippen LogP contribution in [0.15, 0.2) is 36.5 Å². The van der Waals surface area contributed by atoms with Gasteiger partial charge in [0, 0.05) is 69.3 Å². The van der Waals surface area contributed by atoms with Gasteiger partial charge in [-0.2, -0.15) is 0 Å². The Kier molecular flexibility index (Phi) is 5.50. The first kappa shape index (κ1) is 19.4. The van der Waals surface area contributed by atoms with Crippen molar-refractivity contribution >= 4 is 17.5 Å². The Labute approximate surface area is 169 Å². The number of aromatic nitrogens is 1. The van der Waals surface area contributed by atoms with Crippen molar-refractivity contribution in [3.63, 3.8) is 0 Å². The molecule has 2 amide bonds. The first-order valence-electron chi connectivity index (χ1n) is 9.65. The second-order valence-electron chi connectivity index (χ2n) is 7.50. The van der Waals surface area contributed by atoms with E-state index in [1.165, 1.54) is 18.3 Å². The SMILES string of the molecule is CN1CC(N2CCN(C(=O)Nc3cc(Oc4ccc(N)cc4F)ccn3)CC2)C1. The van der Waals surface area contributed by atoms with Gasteiger partial charge in [-0.15, -0.1) is 0 Å². The van der Waals surface area contributed by atoms with Crippen LogP contribution in [0.5, 0.6) is 11.5 Å². The van der Waals surface area contributed by atoms with Crippen molar-refractivity contribution in [1.82, 2.24) is 19.7 Å². The number of benzene rings is 1. The standard InChI is InChI=1S/C20H25FN6O2/c1-25-12-15(13-25)26-6-8-27(9-7-26)20(28)24-19-11-16(4-5-23-19)29-18-3-2-14(22)10-17(18)21/h2-5,10-11,15H,6-9,12-13,22H2,1H3,(H,23,24,28). The highest BCUT2D eigenvalue weighted by atomic mass is 19.1. The van der Waals surface area contributed by atoms with Crippen LogP contribution < -0.4 is 15.8 Å². The number of hydrogen-bond acceptors (Lipinski definition) is 6. The molecule has 2 fully saturated rings. The molecule has 0 aliphatic carbocycles. The molecule has 2 aliphatic rings. The quantitative estimate of drug-likeness (QED) is 0.764. The van der Waals surface area contributed by atoms with E-state index in [2.05, 4.69) is 27.1 Å². The number of likely N-dealkylation sites (N-methyl/N-ethyl adjacent to an activating group) is 1. The van der Waals surface area contributed by atoms with Gasteiger partial charge in [-0.05, 0) is 25.2 Å². The number of hydrogen-bond donors (Lipinski definition) is 2. The molecular weight excluding hydrogens is 375 g/mol. The van der Waals surface area contributed by atoms with E-state index in [0.29, 0.717) is 36.4 Å². The van der Waals surface area contributed by atoms with Gasteiger partial charge in [0.1, 0.15) is 11.6 Å². The first-order chi connectivity index (χ1) is 14.0. The van der Waals surface area contributed by atoms with Crippen LogP contribution in [0.25, 0.3) is 0 Å². The molecule has 1 aromatic heterocycles. The average molecular weight is 400 g/mol. The third-order valence-electron chi connectivity index (χ3n) is 5.31. The molecule has 0 atom stereocenters. The van der Waals surface area contributed by atoms with E-state index in [9.17, 15) is 9.18 Å². The third kappa shape index (κ3) is 4.57. The van der Waals surface area contributed by atoms with Gasteiger partial charge < -0.3 is 20.3 Å². The lowest BCUT2D eigenvalue weighted by Gasteiger charge is -2.46. The summed E-state index contributed by atoms with van der Waals surface area (Å²) < 4.78 is 19.5. The Bertz CT molecular complexity index is 881. The number of anilines is 2. The van der Waals surface area contributed by atoms with Gasteiger partial charge in [-0.3, -0.25) is 10.2 Å². The number of nitrogens with two attached hydrogens (primary N) is 1. The summed E-state index contributed by atoms with van der Waals surface area (Å²) in [5, 5.41) is 2.80. The number of rotatable bonds is 4. The molecular formula is C20H25FN6O2. The van der Waals surface area contributed by atoms with Gasteiger partial charge in [0.25, 0.3) is 0 Å². The number of likely N-dealkylation sites (tertiary alicyclic amines) is 1. The van der Waals surface area contributed by atoms with Crippen molar-refractivity contribution in [3.05, 3.63) is 42.3 Å². The largest absolute Gasteiger partial charge is 0.454 e. The maximum atomic E-state index is 13.9. The molecule has 0 spiro atoms. The van der Waals surface area contributed by atoms with E-state index in [1.54, 1.807) is 23.1 Å². The Hall–Kier alpha value is -2.91. The Morgan fingerprint density at radius 2 is 1.97 bits per heavy atom. The zero-order valence-electron chi connectivity index (χ0n) is 16.3. The van der Waals surface area contributed by atoms with E-state index >= 15 is 0 Å². The van der Waals surface area contributed by atoms with Crippen LogP contribution in [0.3, 0.4) is 0 Å². The zero-order chi connectivity index (χ0) is 20.4. The van der Waals surface area contributed by atoms with Crippen molar-refractivity contribution in [2.75, 3.05) is 57.4 Å². The van der Waals surface area contributed by atoms with Crippen LogP contribution in [-0.2, 0) is 0 Å². The average Bonchev–Trinajstić information content (AvgIpc) is 2.68. The number of nitrogens with one attached hydrogen (secondary N) is 1. The van der Waals surface area contributed by atoms with Gasteiger partial charge in [0.05, 0.1) is 0 Å². The fourth-order valence-corrected chi connectivity index (χ4v) is 3.65. The summed E-state index contributed by atoms with van der Waals surface area (Å²) in [5.41, 5.74) is 5.87. The molecule has 3 N–H and O–H groups in total. The van der Waals surface area contributed by atoms with Gasteiger partial charge >= 0.3 is 6.03 Å². The molecule has 8 nitrogen and oxygen atoms in total. The van der Waals surface area contributed by atoms with Crippen LogP contribution >= 0.6 is 0 Å². The molecule has 0 bridgehead atoms. The van der Waals surface area contributed by atoms with Crippen molar-refractivity contribution in [3.8, 4) is 11.5 Å². The predicted octanol–water partition coefficient (Wildman–Crippen LogP) is 2.06. The lowest BCUT2D eigenvalue weighted by Crippen LogP contribution is -2.62. The molecule has 1 aromatic carbocycles. The highest BCUT2D eigenvalue weighted by Crippen LogP contribution is 2.27. The topological polar surface area (TPSA) is 87.0 Å². The Morgan fingerprint density at radius 1 is 1.21 bits per heavy atom. The summed E-state index contributed by atoms with van der Waals surface area (Å²) in [4.78, 5) is 23.3. The number of ether oxygens (including phenoxy) is 1. The second-order valence-corrected chi connectivity index (χ2v) is 7.50. The predicted molar refractivity (Wildman–Crippen MR) is 109 cm³/mol. The fourth-order valence-electron chi connectivity index (χ4n) is 3.65. The van der Waals surface area contributed by atoms with Crippen LogP contribution in [0.4, 0.5) is 20.7 Å². The number of urea groups is 1. The van der Waals surface area contributed by atoms with E-state index in [-0.39, 0.29) is 11.8 Å². The molecule has 0 unspecified atom stereocenters. The van der Waals surface area contributed by atoms with Gasteiger partial charge in [0.2, 0.25) is 0 Å². The number of nitrogen functional groups attached to an aromatic ring is 1. The van der Waals surface area contributed by atoms with E-state index < -0.39 is 5.82 Å². The molecule has 2 saturated heterocycles. The van der Waals surface area contributed by atoms with Crippen LogP contribution in [0, 0.1) is 5.82 Å². The van der Waals surface area contributed by atoms with Crippen molar-refractivity contribution in [1.29, 1.82) is 0 Å². The molecule has 4 rings (SSSR count). The second kappa shape index (κ2) is 8.22. The lowest BCUT2D eigenvalue weighted by atomic mass is 10.1. The van der Waals surface area contributed by atoms with Crippen molar-refractivity contribution < 1.29 is 13.9 Å². The maximum Gasteiger partial charge on any atom is 0.323 e. The van der Waals surface area contributed by atoms with Crippen molar-refractivity contribution in [2.24, 2.45) is 0 Å². The van der Waals surface area contributed by atoms with Crippen LogP contribution in [0.1, 0.15) is 0 Å². The van der Waals surface area contributed by atoms with Crippen LogP contribution in [-0.4, -0.2) is 78.1 Å². The molecule has 3 heterocycles. The number of piperazine rings is 1.